The first kappa shape index (κ1) is 28.9. The molecule has 0 aliphatic heterocycles. The number of phosphoric acid groups is 2. The summed E-state index contributed by atoms with van der Waals surface area (Å²) in [7, 11) is -9.28. The molecule has 1 aromatic heterocycles. The summed E-state index contributed by atoms with van der Waals surface area (Å²) in [5, 5.41) is 8.77. The van der Waals surface area contributed by atoms with Gasteiger partial charge in [0.05, 0.1) is 5.52 Å². The molecule has 1 atom stereocenters. The summed E-state index contributed by atoms with van der Waals surface area (Å²) >= 11 is 6.01. The molecular weight excluding hydrogens is 460 g/mol. The van der Waals surface area contributed by atoms with Crippen molar-refractivity contribution < 1.29 is 38.5 Å². The molecule has 0 aliphatic carbocycles. The molecule has 0 amide bonds. The summed E-state index contributed by atoms with van der Waals surface area (Å²) in [6.45, 7) is 6.47. The average molecular weight is 488 g/mol. The third-order valence-electron chi connectivity index (χ3n) is 3.35. The summed E-state index contributed by atoms with van der Waals surface area (Å²) in [6, 6.07) is 8.30. The predicted octanol–water partition coefficient (Wildman–Crippen LogP) is 2.22. The van der Waals surface area contributed by atoms with E-state index in [1.807, 2.05) is 30.5 Å². The lowest BCUT2D eigenvalue weighted by molar-refractivity contribution is 0.272. The smallest absolute Gasteiger partial charge is 0.382 e. The van der Waals surface area contributed by atoms with Gasteiger partial charge in [0.1, 0.15) is 0 Å². The van der Waals surface area contributed by atoms with Gasteiger partial charge in [-0.3, -0.25) is 4.98 Å². The van der Waals surface area contributed by atoms with E-state index in [1.54, 1.807) is 0 Å². The van der Waals surface area contributed by atoms with Crippen molar-refractivity contribution in [2.75, 3.05) is 18.4 Å². The van der Waals surface area contributed by atoms with Gasteiger partial charge in [0.15, 0.2) is 0 Å². The Bertz CT molecular complexity index is 825. The number of rotatable bonds is 7. The van der Waals surface area contributed by atoms with Crippen LogP contribution in [0, 0.1) is 0 Å². The van der Waals surface area contributed by atoms with Crippen molar-refractivity contribution in [3.63, 3.8) is 0 Å². The van der Waals surface area contributed by atoms with Gasteiger partial charge in [-0.25, -0.2) is 9.13 Å². The maximum absolute atomic E-state index is 8.88. The Labute approximate surface area is 179 Å². The molecule has 1 unspecified atom stereocenters. The number of aromatic nitrogens is 1. The highest BCUT2D eigenvalue weighted by Gasteiger charge is 2.06. The van der Waals surface area contributed by atoms with Crippen LogP contribution < -0.4 is 10.6 Å². The monoisotopic (exact) mass is 487 g/mol. The van der Waals surface area contributed by atoms with Gasteiger partial charge in [0.25, 0.3) is 0 Å². The van der Waals surface area contributed by atoms with E-state index in [0.717, 1.165) is 41.1 Å². The lowest BCUT2D eigenvalue weighted by Crippen LogP contribution is -2.19. The van der Waals surface area contributed by atoms with Crippen LogP contribution in [-0.2, 0) is 9.13 Å². The molecule has 1 heterocycles. The summed E-state index contributed by atoms with van der Waals surface area (Å²) in [5.41, 5.74) is 2.06. The fourth-order valence-electron chi connectivity index (χ4n) is 2.29. The number of benzene rings is 1. The van der Waals surface area contributed by atoms with Crippen LogP contribution in [0.25, 0.3) is 10.9 Å². The van der Waals surface area contributed by atoms with E-state index in [0.29, 0.717) is 6.04 Å². The number of hydrogen-bond acceptors (Lipinski definition) is 5. The Hall–Kier alpha value is -1.10. The molecule has 0 fully saturated rings. The number of anilines is 1. The molecule has 0 saturated heterocycles. The Morgan fingerprint density at radius 2 is 1.63 bits per heavy atom. The molecule has 0 saturated carbocycles. The summed E-state index contributed by atoms with van der Waals surface area (Å²) in [5.74, 6) is 0. The molecule has 0 aliphatic rings. The van der Waals surface area contributed by atoms with Crippen molar-refractivity contribution in [3.8, 4) is 0 Å². The lowest BCUT2D eigenvalue weighted by Gasteiger charge is -2.16. The van der Waals surface area contributed by atoms with Crippen LogP contribution in [0.3, 0.4) is 0 Å². The molecule has 172 valence electrons. The van der Waals surface area contributed by atoms with Gasteiger partial charge < -0.3 is 40.0 Å². The number of pyridine rings is 1. The molecule has 8 N–H and O–H groups in total. The van der Waals surface area contributed by atoms with Crippen molar-refractivity contribution in [2.24, 2.45) is 0 Å². The van der Waals surface area contributed by atoms with Crippen LogP contribution in [0.4, 0.5) is 5.69 Å². The third-order valence-corrected chi connectivity index (χ3v) is 3.58. The van der Waals surface area contributed by atoms with Gasteiger partial charge in [-0.1, -0.05) is 18.5 Å². The van der Waals surface area contributed by atoms with Gasteiger partial charge in [0.2, 0.25) is 0 Å². The SMILES string of the molecule is CCNCCCC(C)Nc1ccnc2cc(Cl)ccc12.O=P(O)(O)O.O=P(O)(O)O. The number of nitrogens with zero attached hydrogens (tertiary/aromatic N) is 1. The van der Waals surface area contributed by atoms with E-state index in [2.05, 4.69) is 29.5 Å². The lowest BCUT2D eigenvalue weighted by atomic mass is 10.1. The van der Waals surface area contributed by atoms with Crippen molar-refractivity contribution in [3.05, 3.63) is 35.5 Å². The average Bonchev–Trinajstić information content (AvgIpc) is 2.56. The fraction of sp³-hybridized carbons (Fsp3) is 0.438. The van der Waals surface area contributed by atoms with E-state index in [1.165, 1.54) is 6.42 Å². The standard InChI is InChI=1S/C16H22ClN3.2H3O4P/c1-3-18-9-4-5-12(2)20-15-8-10-19-16-11-13(17)6-7-14(15)16;2*1-5(2,3)4/h6-8,10-12,18H,3-5,9H2,1-2H3,(H,19,20);2*(H3,1,2,3,4). The van der Waals surface area contributed by atoms with Gasteiger partial charge in [-0.05, 0) is 57.1 Å². The molecule has 0 spiro atoms. The van der Waals surface area contributed by atoms with E-state index < -0.39 is 15.6 Å². The topological polar surface area (TPSA) is 192 Å². The van der Waals surface area contributed by atoms with E-state index >= 15 is 0 Å². The third kappa shape index (κ3) is 17.7. The minimum absolute atomic E-state index is 0.440. The Morgan fingerprint density at radius 1 is 1.07 bits per heavy atom. The normalized spacial score (nSPS) is 12.3. The van der Waals surface area contributed by atoms with Gasteiger partial charge in [-0.15, -0.1) is 0 Å². The zero-order chi connectivity index (χ0) is 23.4. The van der Waals surface area contributed by atoms with Gasteiger partial charge in [-0.2, -0.15) is 0 Å². The Morgan fingerprint density at radius 3 is 2.17 bits per heavy atom. The first-order chi connectivity index (χ1) is 13.7. The second kappa shape index (κ2) is 14.1. The van der Waals surface area contributed by atoms with Crippen LogP contribution in [0.1, 0.15) is 26.7 Å². The van der Waals surface area contributed by atoms with Gasteiger partial charge in [0, 0.05) is 28.3 Å². The molecule has 14 heteroatoms. The Balaban J connectivity index is 0.000000702. The number of nitrogens with one attached hydrogen (secondary N) is 2. The van der Waals surface area contributed by atoms with E-state index in [-0.39, 0.29) is 0 Å². The molecule has 0 radical (unpaired) electrons. The molecule has 0 bridgehead atoms. The van der Waals surface area contributed by atoms with Crippen LogP contribution in [0.15, 0.2) is 30.5 Å². The first-order valence-electron chi connectivity index (χ1n) is 8.78. The van der Waals surface area contributed by atoms with Crippen molar-refractivity contribution in [2.45, 2.75) is 32.7 Å². The van der Waals surface area contributed by atoms with Crippen LogP contribution in [-0.4, -0.2) is 53.5 Å². The number of fused-ring (bicyclic) bond motifs is 1. The first-order valence-corrected chi connectivity index (χ1v) is 12.3. The second-order valence-corrected chi connectivity index (χ2v) is 8.58. The fourth-order valence-corrected chi connectivity index (χ4v) is 2.46. The van der Waals surface area contributed by atoms with Crippen LogP contribution in [0.5, 0.6) is 0 Å². The zero-order valence-corrected chi connectivity index (χ0v) is 19.1. The zero-order valence-electron chi connectivity index (χ0n) is 16.5. The van der Waals surface area contributed by atoms with Crippen LogP contribution in [0.2, 0.25) is 5.02 Å². The molecular formula is C16H28ClN3O8P2. The molecule has 30 heavy (non-hydrogen) atoms. The highest BCUT2D eigenvalue weighted by atomic mass is 35.5. The molecule has 11 nitrogen and oxygen atoms in total. The molecule has 2 aromatic rings. The molecule has 1 aromatic carbocycles. The van der Waals surface area contributed by atoms with Crippen molar-refractivity contribution >= 4 is 43.8 Å². The predicted molar refractivity (Wildman–Crippen MR) is 116 cm³/mol. The van der Waals surface area contributed by atoms with E-state index in [9.17, 15) is 0 Å². The number of hydrogen-bond donors (Lipinski definition) is 8. The minimum Gasteiger partial charge on any atom is -0.382 e. The molecule has 2 rings (SSSR count). The highest BCUT2D eigenvalue weighted by Crippen LogP contribution is 2.26. The maximum Gasteiger partial charge on any atom is 0.466 e. The maximum atomic E-state index is 8.88. The van der Waals surface area contributed by atoms with Crippen molar-refractivity contribution in [1.29, 1.82) is 0 Å². The summed E-state index contributed by atoms with van der Waals surface area (Å²) in [4.78, 5) is 47.5. The van der Waals surface area contributed by atoms with Crippen molar-refractivity contribution in [1.82, 2.24) is 10.3 Å². The quantitative estimate of drug-likeness (QED) is 0.211. The highest BCUT2D eigenvalue weighted by molar-refractivity contribution is 7.45. The van der Waals surface area contributed by atoms with Crippen LogP contribution >= 0.6 is 27.2 Å². The largest absolute Gasteiger partial charge is 0.466 e. The summed E-state index contributed by atoms with van der Waals surface area (Å²) < 4.78 is 17.8. The summed E-state index contributed by atoms with van der Waals surface area (Å²) in [6.07, 6.45) is 4.15. The minimum atomic E-state index is -4.64. The number of halogens is 1. The van der Waals surface area contributed by atoms with Gasteiger partial charge >= 0.3 is 15.6 Å². The Kier molecular flexibility index (Phi) is 13.5. The second-order valence-electron chi connectivity index (χ2n) is 6.09. The van der Waals surface area contributed by atoms with E-state index in [4.69, 9.17) is 50.1 Å².